The van der Waals surface area contributed by atoms with Crippen molar-refractivity contribution in [2.75, 3.05) is 23.7 Å². The number of fused-ring (bicyclic) bond motifs is 1. The highest BCUT2D eigenvalue weighted by molar-refractivity contribution is 7.92. The summed E-state index contributed by atoms with van der Waals surface area (Å²) in [5.41, 5.74) is 0.724. The maximum Gasteiger partial charge on any atom is 0.416 e. The van der Waals surface area contributed by atoms with E-state index in [0.29, 0.717) is 36.1 Å². The molecule has 3 aromatic rings. The van der Waals surface area contributed by atoms with E-state index in [4.69, 9.17) is 0 Å². The fraction of sp³-hybridized carbons (Fsp3) is 0.393. The van der Waals surface area contributed by atoms with Gasteiger partial charge in [-0.15, -0.1) is 0 Å². The molecule has 0 bridgehead atoms. The van der Waals surface area contributed by atoms with E-state index in [9.17, 15) is 26.4 Å². The minimum Gasteiger partial charge on any atom is -0.307 e. The predicted molar refractivity (Wildman–Crippen MR) is 144 cm³/mol. The molecular formula is C28H29F4N5O3S. The highest BCUT2D eigenvalue weighted by Crippen LogP contribution is 2.42. The van der Waals surface area contributed by atoms with Gasteiger partial charge in [-0.25, -0.2) is 22.8 Å². The Labute approximate surface area is 235 Å². The molecule has 0 spiro atoms. The molecule has 2 heterocycles. The van der Waals surface area contributed by atoms with Crippen LogP contribution in [0.4, 0.5) is 29.1 Å². The number of amides is 1. The summed E-state index contributed by atoms with van der Waals surface area (Å²) in [5.74, 6) is -1.39. The third kappa shape index (κ3) is 5.91. The van der Waals surface area contributed by atoms with Crippen molar-refractivity contribution >= 4 is 27.4 Å². The lowest BCUT2D eigenvalue weighted by atomic mass is 9.76. The lowest BCUT2D eigenvalue weighted by Crippen LogP contribution is -2.55. The molecule has 1 N–H and O–H groups in total. The van der Waals surface area contributed by atoms with Crippen molar-refractivity contribution in [3.63, 3.8) is 0 Å². The number of halogens is 4. The Balaban J connectivity index is 1.45. The van der Waals surface area contributed by atoms with Crippen molar-refractivity contribution in [2.45, 2.75) is 61.2 Å². The highest BCUT2D eigenvalue weighted by atomic mass is 32.2. The number of rotatable bonds is 6. The Morgan fingerprint density at radius 2 is 1.85 bits per heavy atom. The lowest BCUT2D eigenvalue weighted by Gasteiger charge is -2.47. The van der Waals surface area contributed by atoms with Crippen LogP contribution in [-0.4, -0.2) is 55.4 Å². The van der Waals surface area contributed by atoms with Crippen LogP contribution in [0.25, 0.3) is 0 Å². The van der Waals surface area contributed by atoms with Crippen LogP contribution in [0, 0.1) is 5.82 Å². The van der Waals surface area contributed by atoms with E-state index in [2.05, 4.69) is 14.7 Å². The van der Waals surface area contributed by atoms with Crippen molar-refractivity contribution in [1.82, 2.24) is 14.9 Å². The summed E-state index contributed by atoms with van der Waals surface area (Å²) in [4.78, 5) is 23.8. The van der Waals surface area contributed by atoms with Crippen molar-refractivity contribution in [2.24, 2.45) is 0 Å². The Morgan fingerprint density at radius 1 is 1.07 bits per heavy atom. The molecule has 1 saturated carbocycles. The molecule has 1 fully saturated rings. The van der Waals surface area contributed by atoms with Crippen molar-refractivity contribution < 1.29 is 30.8 Å². The van der Waals surface area contributed by atoms with Crippen molar-refractivity contribution in [3.05, 3.63) is 77.5 Å². The number of hydrogen-bond acceptors (Lipinski definition) is 6. The molecule has 13 heteroatoms. The molecule has 0 unspecified atom stereocenters. The minimum absolute atomic E-state index is 0.0136. The molecule has 0 radical (unpaired) electrons. The molecule has 3 atom stereocenters. The zero-order valence-electron chi connectivity index (χ0n) is 22.4. The van der Waals surface area contributed by atoms with Gasteiger partial charge in [0.25, 0.3) is 10.0 Å². The average molecular weight is 592 g/mol. The monoisotopic (exact) mass is 591 g/mol. The van der Waals surface area contributed by atoms with Crippen LogP contribution in [0.2, 0.25) is 0 Å². The first-order valence-electron chi connectivity index (χ1n) is 13.1. The highest BCUT2D eigenvalue weighted by Gasteiger charge is 2.41. The standard InChI is InChI=1S/C28H29F4N5O3S/c1-36(2)24-13-18(17-4-3-5-20(12-17)28(30,31)32)6-8-22(24)37-23-15-21(29)25(14-19(23)7-9-27(37)38)41(39,40)35-26-10-11-33-16-34-26/h3-5,10-12,14-16,18,22,24H,6-9,13H2,1-2H3,(H,33,34,35)/t18-,22-,24-/m0/s1. The molecule has 41 heavy (non-hydrogen) atoms. The van der Waals surface area contributed by atoms with Crippen LogP contribution in [0.15, 0.2) is 59.9 Å². The summed E-state index contributed by atoms with van der Waals surface area (Å²) in [7, 11) is -0.629. The van der Waals surface area contributed by atoms with Gasteiger partial charge in [0.1, 0.15) is 22.9 Å². The van der Waals surface area contributed by atoms with Gasteiger partial charge in [-0.2, -0.15) is 13.2 Å². The van der Waals surface area contributed by atoms with Crippen LogP contribution in [0.5, 0.6) is 0 Å². The van der Waals surface area contributed by atoms with Gasteiger partial charge < -0.3 is 9.80 Å². The first-order valence-corrected chi connectivity index (χ1v) is 14.6. The topological polar surface area (TPSA) is 95.5 Å². The zero-order valence-corrected chi connectivity index (χ0v) is 23.2. The largest absolute Gasteiger partial charge is 0.416 e. The van der Waals surface area contributed by atoms with Gasteiger partial charge in [-0.3, -0.25) is 9.52 Å². The second kappa shape index (κ2) is 11.0. The SMILES string of the molecule is CN(C)[C@H]1C[C@@H](c2cccc(C(F)(F)F)c2)CC[C@@H]1N1C(=O)CCc2cc(S(=O)(=O)Nc3ccncn3)c(F)cc21. The normalized spacial score (nSPS) is 21.6. The van der Waals surface area contributed by atoms with Gasteiger partial charge in [0.15, 0.2) is 0 Å². The van der Waals surface area contributed by atoms with Crippen LogP contribution >= 0.6 is 0 Å². The van der Waals surface area contributed by atoms with Crippen LogP contribution in [0.3, 0.4) is 0 Å². The number of alkyl halides is 3. The van der Waals surface area contributed by atoms with Crippen molar-refractivity contribution in [3.8, 4) is 0 Å². The second-order valence-corrected chi connectivity index (χ2v) is 12.3. The van der Waals surface area contributed by atoms with Gasteiger partial charge in [0.05, 0.1) is 17.3 Å². The number of anilines is 2. The van der Waals surface area contributed by atoms with Gasteiger partial charge in [0.2, 0.25) is 5.91 Å². The van der Waals surface area contributed by atoms with Gasteiger partial charge in [-0.05, 0) is 81.1 Å². The summed E-state index contributed by atoms with van der Waals surface area (Å²) >= 11 is 0. The maximum absolute atomic E-state index is 15.4. The molecule has 1 aromatic heterocycles. The molecular weight excluding hydrogens is 562 g/mol. The van der Waals surface area contributed by atoms with E-state index in [1.807, 2.05) is 19.0 Å². The third-order valence-corrected chi connectivity index (χ3v) is 9.21. The molecule has 218 valence electrons. The Morgan fingerprint density at radius 3 is 2.54 bits per heavy atom. The van der Waals surface area contributed by atoms with E-state index >= 15 is 4.39 Å². The molecule has 0 saturated heterocycles. The molecule has 1 aliphatic carbocycles. The number of nitrogens with one attached hydrogen (secondary N) is 1. The van der Waals surface area contributed by atoms with E-state index in [-0.39, 0.29) is 42.6 Å². The number of sulfonamides is 1. The van der Waals surface area contributed by atoms with Crippen molar-refractivity contribution in [1.29, 1.82) is 0 Å². The quantitative estimate of drug-likeness (QED) is 0.407. The number of aromatic nitrogens is 2. The molecule has 2 aromatic carbocycles. The van der Waals surface area contributed by atoms with Crippen LogP contribution in [0.1, 0.15) is 48.3 Å². The molecule has 8 nitrogen and oxygen atoms in total. The molecule has 1 aliphatic heterocycles. The Hall–Kier alpha value is -3.58. The minimum atomic E-state index is -4.45. The number of carbonyl (C=O) groups excluding carboxylic acids is 1. The van der Waals surface area contributed by atoms with E-state index in [1.54, 1.807) is 11.0 Å². The number of likely N-dealkylation sites (N-methyl/N-ethyl adjacent to an activating group) is 1. The maximum atomic E-state index is 15.4. The molecule has 5 rings (SSSR count). The van der Waals surface area contributed by atoms with E-state index in [1.165, 1.54) is 30.5 Å². The molecule has 2 aliphatic rings. The first-order chi connectivity index (χ1) is 19.3. The Kier molecular flexibility index (Phi) is 7.77. The number of hydrogen-bond donors (Lipinski definition) is 1. The zero-order chi connectivity index (χ0) is 29.5. The summed E-state index contributed by atoms with van der Waals surface area (Å²) < 4.78 is 83.7. The van der Waals surface area contributed by atoms with Crippen LogP contribution in [-0.2, 0) is 27.4 Å². The van der Waals surface area contributed by atoms with Crippen LogP contribution < -0.4 is 9.62 Å². The predicted octanol–water partition coefficient (Wildman–Crippen LogP) is 4.98. The number of benzene rings is 2. The number of nitrogens with zero attached hydrogens (tertiary/aromatic N) is 4. The summed E-state index contributed by atoms with van der Waals surface area (Å²) in [6, 6.07) is 8.42. The van der Waals surface area contributed by atoms with Gasteiger partial charge in [-0.1, -0.05) is 18.2 Å². The second-order valence-electron chi connectivity index (χ2n) is 10.6. The number of carbonyl (C=O) groups is 1. The van der Waals surface area contributed by atoms with Gasteiger partial charge >= 0.3 is 6.18 Å². The number of aryl methyl sites for hydroxylation is 1. The first kappa shape index (κ1) is 28.9. The fourth-order valence-electron chi connectivity index (χ4n) is 5.88. The smallest absolute Gasteiger partial charge is 0.307 e. The summed E-state index contributed by atoms with van der Waals surface area (Å²) in [6.07, 6.45) is -0.0693. The summed E-state index contributed by atoms with van der Waals surface area (Å²) in [6.45, 7) is 0. The average Bonchev–Trinajstić information content (AvgIpc) is 2.92. The van der Waals surface area contributed by atoms with Gasteiger partial charge in [0, 0.05) is 18.7 Å². The molecule has 1 amide bonds. The lowest BCUT2D eigenvalue weighted by molar-refractivity contribution is -0.137. The fourth-order valence-corrected chi connectivity index (χ4v) is 7.00. The summed E-state index contributed by atoms with van der Waals surface area (Å²) in [5, 5.41) is 0. The Bertz CT molecular complexity index is 1550. The van der Waals surface area contributed by atoms with E-state index < -0.39 is 32.5 Å². The third-order valence-electron chi connectivity index (χ3n) is 7.84. The van der Waals surface area contributed by atoms with E-state index in [0.717, 1.165) is 18.5 Å².